The lowest BCUT2D eigenvalue weighted by molar-refractivity contribution is 0.132. The van der Waals surface area contributed by atoms with Crippen LogP contribution in [-0.2, 0) is 6.42 Å². The molecular formula is C9H11NO. The molecule has 2 heteroatoms. The Kier molecular flexibility index (Phi) is 1.64. The van der Waals surface area contributed by atoms with Crippen LogP contribution < -0.4 is 5.32 Å². The van der Waals surface area contributed by atoms with E-state index in [-0.39, 0.29) is 0 Å². The Hall–Kier alpha value is -0.860. The highest BCUT2D eigenvalue weighted by atomic mass is 16.3. The summed E-state index contributed by atoms with van der Waals surface area (Å²) < 4.78 is 0. The smallest absolute Gasteiger partial charge is 0.131 e. The topological polar surface area (TPSA) is 32.3 Å². The Morgan fingerprint density at radius 2 is 2.18 bits per heavy atom. The monoisotopic (exact) mass is 149 g/mol. The first-order chi connectivity index (χ1) is 5.38. The highest BCUT2D eigenvalue weighted by Crippen LogP contribution is 2.19. The second-order valence-corrected chi connectivity index (χ2v) is 2.81. The molecule has 1 aromatic rings. The van der Waals surface area contributed by atoms with Crippen LogP contribution in [0.4, 0.5) is 0 Å². The molecular weight excluding hydrogens is 138 g/mol. The van der Waals surface area contributed by atoms with Gasteiger partial charge in [0.15, 0.2) is 0 Å². The molecule has 1 aliphatic rings. The SMILES string of the molecule is OC1NCCc2ccccc21. The predicted octanol–water partition coefficient (Wildman–Crippen LogP) is 0.823. The quantitative estimate of drug-likeness (QED) is 0.572. The van der Waals surface area contributed by atoms with E-state index in [0.717, 1.165) is 18.5 Å². The third kappa shape index (κ3) is 1.15. The zero-order chi connectivity index (χ0) is 7.68. The van der Waals surface area contributed by atoms with Gasteiger partial charge in [0, 0.05) is 6.54 Å². The fraction of sp³-hybridized carbons (Fsp3) is 0.333. The molecule has 0 fully saturated rings. The van der Waals surface area contributed by atoms with Crippen molar-refractivity contribution >= 4 is 0 Å². The summed E-state index contributed by atoms with van der Waals surface area (Å²) in [6.45, 7) is 0.873. The molecule has 2 rings (SSSR count). The average molecular weight is 149 g/mol. The second kappa shape index (κ2) is 2.64. The second-order valence-electron chi connectivity index (χ2n) is 2.81. The molecule has 0 spiro atoms. The molecule has 1 atom stereocenters. The largest absolute Gasteiger partial charge is 0.374 e. The third-order valence-electron chi connectivity index (χ3n) is 2.08. The van der Waals surface area contributed by atoms with Crippen LogP contribution >= 0.6 is 0 Å². The van der Waals surface area contributed by atoms with Gasteiger partial charge in [0.2, 0.25) is 0 Å². The van der Waals surface area contributed by atoms with E-state index in [1.54, 1.807) is 0 Å². The summed E-state index contributed by atoms with van der Waals surface area (Å²) in [5.74, 6) is 0. The van der Waals surface area contributed by atoms with Gasteiger partial charge in [-0.15, -0.1) is 0 Å². The molecule has 2 nitrogen and oxygen atoms in total. The van der Waals surface area contributed by atoms with Gasteiger partial charge in [0.1, 0.15) is 6.23 Å². The molecule has 1 aliphatic heterocycles. The highest BCUT2D eigenvalue weighted by molar-refractivity contribution is 5.30. The Morgan fingerprint density at radius 3 is 3.00 bits per heavy atom. The number of hydrogen-bond acceptors (Lipinski definition) is 2. The summed E-state index contributed by atoms with van der Waals surface area (Å²) in [7, 11) is 0. The number of fused-ring (bicyclic) bond motifs is 1. The molecule has 1 unspecified atom stereocenters. The summed E-state index contributed by atoms with van der Waals surface area (Å²) in [5.41, 5.74) is 2.29. The van der Waals surface area contributed by atoms with Crippen molar-refractivity contribution in [2.24, 2.45) is 0 Å². The minimum atomic E-state index is -0.458. The first-order valence-electron chi connectivity index (χ1n) is 3.87. The van der Waals surface area contributed by atoms with Gasteiger partial charge in [-0.1, -0.05) is 24.3 Å². The van der Waals surface area contributed by atoms with Crippen molar-refractivity contribution in [3.05, 3.63) is 35.4 Å². The van der Waals surface area contributed by atoms with Gasteiger partial charge in [0.05, 0.1) is 0 Å². The minimum absolute atomic E-state index is 0.458. The van der Waals surface area contributed by atoms with Crippen molar-refractivity contribution in [1.29, 1.82) is 0 Å². The van der Waals surface area contributed by atoms with Crippen LogP contribution in [0.15, 0.2) is 24.3 Å². The van der Waals surface area contributed by atoms with Crippen molar-refractivity contribution < 1.29 is 5.11 Å². The van der Waals surface area contributed by atoms with Gasteiger partial charge in [-0.05, 0) is 17.5 Å². The maximum absolute atomic E-state index is 9.45. The molecule has 0 saturated carbocycles. The molecule has 2 N–H and O–H groups in total. The molecule has 0 aliphatic carbocycles. The van der Waals surface area contributed by atoms with Crippen LogP contribution in [-0.4, -0.2) is 11.7 Å². The lowest BCUT2D eigenvalue weighted by Crippen LogP contribution is -2.29. The third-order valence-corrected chi connectivity index (χ3v) is 2.08. The van der Waals surface area contributed by atoms with E-state index in [1.807, 2.05) is 18.2 Å². The van der Waals surface area contributed by atoms with Gasteiger partial charge < -0.3 is 5.11 Å². The zero-order valence-electron chi connectivity index (χ0n) is 6.25. The standard InChI is InChI=1S/C9H11NO/c11-9-8-4-2-1-3-7(8)5-6-10-9/h1-4,9-11H,5-6H2. The molecule has 0 amide bonds. The Balaban J connectivity index is 2.44. The van der Waals surface area contributed by atoms with Crippen LogP contribution in [0.3, 0.4) is 0 Å². The number of aliphatic hydroxyl groups excluding tert-OH is 1. The minimum Gasteiger partial charge on any atom is -0.374 e. The van der Waals surface area contributed by atoms with Gasteiger partial charge in [-0.25, -0.2) is 0 Å². The molecule has 0 bridgehead atoms. The van der Waals surface area contributed by atoms with E-state index in [1.165, 1.54) is 5.56 Å². The summed E-state index contributed by atoms with van der Waals surface area (Å²) in [6, 6.07) is 8.00. The molecule has 1 heterocycles. The maximum atomic E-state index is 9.45. The fourth-order valence-electron chi connectivity index (χ4n) is 1.48. The first-order valence-corrected chi connectivity index (χ1v) is 3.87. The molecule has 0 radical (unpaired) electrons. The Morgan fingerprint density at radius 1 is 1.36 bits per heavy atom. The molecule has 0 saturated heterocycles. The summed E-state index contributed by atoms with van der Waals surface area (Å²) in [6.07, 6.45) is 0.563. The normalized spacial score (nSPS) is 22.8. The Bertz CT molecular complexity index is 259. The van der Waals surface area contributed by atoms with Crippen LogP contribution in [0.1, 0.15) is 17.4 Å². The van der Waals surface area contributed by atoms with Crippen LogP contribution in [0, 0.1) is 0 Å². The molecule has 1 aromatic carbocycles. The summed E-state index contributed by atoms with van der Waals surface area (Å²) in [4.78, 5) is 0. The number of rotatable bonds is 0. The molecule has 0 aromatic heterocycles. The predicted molar refractivity (Wildman–Crippen MR) is 43.1 cm³/mol. The highest BCUT2D eigenvalue weighted by Gasteiger charge is 2.15. The van der Waals surface area contributed by atoms with E-state index < -0.39 is 6.23 Å². The number of hydrogen-bond donors (Lipinski definition) is 2. The van der Waals surface area contributed by atoms with Crippen molar-refractivity contribution in [3.63, 3.8) is 0 Å². The van der Waals surface area contributed by atoms with Gasteiger partial charge in [-0.2, -0.15) is 0 Å². The fourth-order valence-corrected chi connectivity index (χ4v) is 1.48. The van der Waals surface area contributed by atoms with Gasteiger partial charge in [-0.3, -0.25) is 5.32 Å². The van der Waals surface area contributed by atoms with E-state index in [4.69, 9.17) is 0 Å². The van der Waals surface area contributed by atoms with E-state index in [9.17, 15) is 5.11 Å². The summed E-state index contributed by atoms with van der Waals surface area (Å²) >= 11 is 0. The zero-order valence-corrected chi connectivity index (χ0v) is 6.25. The number of benzene rings is 1. The molecule has 58 valence electrons. The number of nitrogens with one attached hydrogen (secondary N) is 1. The Labute approximate surface area is 65.9 Å². The lowest BCUT2D eigenvalue weighted by atomic mass is 10.0. The van der Waals surface area contributed by atoms with Crippen molar-refractivity contribution in [1.82, 2.24) is 5.32 Å². The lowest BCUT2D eigenvalue weighted by Gasteiger charge is -2.22. The van der Waals surface area contributed by atoms with E-state index >= 15 is 0 Å². The van der Waals surface area contributed by atoms with Crippen LogP contribution in [0.25, 0.3) is 0 Å². The van der Waals surface area contributed by atoms with Gasteiger partial charge in [0.25, 0.3) is 0 Å². The van der Waals surface area contributed by atoms with Crippen molar-refractivity contribution in [3.8, 4) is 0 Å². The molecule has 11 heavy (non-hydrogen) atoms. The average Bonchev–Trinajstić information content (AvgIpc) is 2.06. The van der Waals surface area contributed by atoms with E-state index in [2.05, 4.69) is 11.4 Å². The van der Waals surface area contributed by atoms with Crippen LogP contribution in [0.5, 0.6) is 0 Å². The number of aliphatic hydroxyl groups is 1. The summed E-state index contributed by atoms with van der Waals surface area (Å²) in [5, 5.41) is 12.4. The van der Waals surface area contributed by atoms with Gasteiger partial charge >= 0.3 is 0 Å². The van der Waals surface area contributed by atoms with Crippen molar-refractivity contribution in [2.45, 2.75) is 12.6 Å². The first kappa shape index (κ1) is 6.83. The van der Waals surface area contributed by atoms with Crippen LogP contribution in [0.2, 0.25) is 0 Å². The maximum Gasteiger partial charge on any atom is 0.131 e. The van der Waals surface area contributed by atoms with Crippen molar-refractivity contribution in [2.75, 3.05) is 6.54 Å². The van der Waals surface area contributed by atoms with E-state index in [0.29, 0.717) is 0 Å².